The number of nitrogens with zero attached hydrogens (tertiary/aromatic N) is 2. The Morgan fingerprint density at radius 1 is 1.15 bits per heavy atom. The summed E-state index contributed by atoms with van der Waals surface area (Å²) >= 11 is 6.07. The summed E-state index contributed by atoms with van der Waals surface area (Å²) in [4.78, 5) is 23.9. The molecule has 1 aromatic carbocycles. The van der Waals surface area contributed by atoms with Gasteiger partial charge in [-0.2, -0.15) is 0 Å². The molecule has 138 valence electrons. The van der Waals surface area contributed by atoms with Gasteiger partial charge in [-0.25, -0.2) is 4.79 Å². The van der Waals surface area contributed by atoms with Crippen LogP contribution in [0.2, 0.25) is 5.02 Å². The highest BCUT2D eigenvalue weighted by molar-refractivity contribution is 6.34. The highest BCUT2D eigenvalue weighted by Crippen LogP contribution is 2.24. The fourth-order valence-electron chi connectivity index (χ4n) is 2.19. The van der Waals surface area contributed by atoms with E-state index in [0.29, 0.717) is 16.5 Å². The molecule has 0 bridgehead atoms. The number of amides is 1. The number of rotatable bonds is 8. The van der Waals surface area contributed by atoms with Crippen LogP contribution in [0.3, 0.4) is 0 Å². The Morgan fingerprint density at radius 2 is 1.96 bits per heavy atom. The Labute approximate surface area is 157 Å². The second kappa shape index (κ2) is 9.72. The van der Waals surface area contributed by atoms with Crippen molar-refractivity contribution in [3.8, 4) is 0 Å². The molecule has 8 heteroatoms. The molecule has 0 radical (unpaired) electrons. The Kier molecular flexibility index (Phi) is 7.35. The third-order valence-corrected chi connectivity index (χ3v) is 3.95. The Morgan fingerprint density at radius 3 is 2.62 bits per heavy atom. The van der Waals surface area contributed by atoms with Crippen LogP contribution in [0.25, 0.3) is 0 Å². The number of methoxy groups -OCH3 is 1. The minimum Gasteiger partial charge on any atom is -0.465 e. The van der Waals surface area contributed by atoms with E-state index in [1.165, 1.54) is 25.3 Å². The van der Waals surface area contributed by atoms with Crippen molar-refractivity contribution in [1.29, 1.82) is 0 Å². The summed E-state index contributed by atoms with van der Waals surface area (Å²) in [6, 6.07) is 7.74. The molecule has 0 fully saturated rings. The van der Waals surface area contributed by atoms with Gasteiger partial charge in [0.1, 0.15) is 5.82 Å². The number of carbonyl (C=O) groups excluding carboxylic acids is 2. The molecule has 1 aromatic heterocycles. The standard InChI is InChI=1S/C18H21ClN4O3/c1-3-4-5-10-20-16-9-8-14(22-23-16)17(24)21-15-11-12(18(25)26-2)6-7-13(15)19/h6-9,11H,3-5,10H2,1-2H3,(H,20,23)(H,21,24). The Bertz CT molecular complexity index is 766. The number of benzene rings is 1. The van der Waals surface area contributed by atoms with Crippen LogP contribution in [0, 0.1) is 0 Å². The van der Waals surface area contributed by atoms with Crippen molar-refractivity contribution in [3.05, 3.63) is 46.6 Å². The lowest BCUT2D eigenvalue weighted by molar-refractivity contribution is 0.0600. The predicted octanol–water partition coefficient (Wildman–Crippen LogP) is 3.77. The van der Waals surface area contributed by atoms with E-state index >= 15 is 0 Å². The molecule has 2 rings (SSSR count). The van der Waals surface area contributed by atoms with Gasteiger partial charge in [0.15, 0.2) is 5.69 Å². The second-order valence-electron chi connectivity index (χ2n) is 5.58. The maximum absolute atomic E-state index is 12.3. The molecule has 0 atom stereocenters. The molecule has 0 saturated carbocycles. The monoisotopic (exact) mass is 376 g/mol. The lowest BCUT2D eigenvalue weighted by Gasteiger charge is -2.09. The lowest BCUT2D eigenvalue weighted by atomic mass is 10.2. The number of aromatic nitrogens is 2. The van der Waals surface area contributed by atoms with Crippen molar-refractivity contribution >= 4 is 35.0 Å². The van der Waals surface area contributed by atoms with Crippen molar-refractivity contribution in [2.24, 2.45) is 0 Å². The summed E-state index contributed by atoms with van der Waals surface area (Å²) in [6.07, 6.45) is 3.34. The van der Waals surface area contributed by atoms with Gasteiger partial charge >= 0.3 is 5.97 Å². The molecule has 0 aliphatic heterocycles. The van der Waals surface area contributed by atoms with Crippen LogP contribution in [0.5, 0.6) is 0 Å². The molecule has 7 nitrogen and oxygen atoms in total. The van der Waals surface area contributed by atoms with E-state index < -0.39 is 11.9 Å². The van der Waals surface area contributed by atoms with E-state index in [9.17, 15) is 9.59 Å². The van der Waals surface area contributed by atoms with Gasteiger partial charge in [-0.3, -0.25) is 4.79 Å². The van der Waals surface area contributed by atoms with Gasteiger partial charge in [0.25, 0.3) is 5.91 Å². The molecule has 0 saturated heterocycles. The SMILES string of the molecule is CCCCCNc1ccc(C(=O)Nc2cc(C(=O)OC)ccc2Cl)nn1. The molecule has 0 aliphatic carbocycles. The molecule has 1 heterocycles. The lowest BCUT2D eigenvalue weighted by Crippen LogP contribution is -2.16. The van der Waals surface area contributed by atoms with E-state index in [2.05, 4.69) is 32.5 Å². The van der Waals surface area contributed by atoms with Crippen LogP contribution in [0.1, 0.15) is 47.0 Å². The zero-order valence-electron chi connectivity index (χ0n) is 14.7. The normalized spacial score (nSPS) is 10.3. The average molecular weight is 377 g/mol. The largest absolute Gasteiger partial charge is 0.465 e. The minimum atomic E-state index is -0.518. The number of esters is 1. The first-order valence-electron chi connectivity index (χ1n) is 8.32. The van der Waals surface area contributed by atoms with E-state index in [1.54, 1.807) is 12.1 Å². The van der Waals surface area contributed by atoms with Crippen LogP contribution in [0.4, 0.5) is 11.5 Å². The number of hydrogen-bond donors (Lipinski definition) is 2. The fourth-order valence-corrected chi connectivity index (χ4v) is 2.36. The first kappa shape index (κ1) is 19.7. The number of unbranched alkanes of at least 4 members (excludes halogenated alkanes) is 2. The van der Waals surface area contributed by atoms with Crippen molar-refractivity contribution in [1.82, 2.24) is 10.2 Å². The van der Waals surface area contributed by atoms with Gasteiger partial charge in [0.2, 0.25) is 0 Å². The molecule has 2 aromatic rings. The summed E-state index contributed by atoms with van der Waals surface area (Å²) in [7, 11) is 1.28. The van der Waals surface area contributed by atoms with Crippen LogP contribution < -0.4 is 10.6 Å². The van der Waals surface area contributed by atoms with Gasteiger partial charge in [0, 0.05) is 6.54 Å². The second-order valence-corrected chi connectivity index (χ2v) is 5.99. The highest BCUT2D eigenvalue weighted by atomic mass is 35.5. The van der Waals surface area contributed by atoms with Crippen molar-refractivity contribution in [3.63, 3.8) is 0 Å². The summed E-state index contributed by atoms with van der Waals surface area (Å²) in [6.45, 7) is 2.95. The molecule has 2 N–H and O–H groups in total. The van der Waals surface area contributed by atoms with Gasteiger partial charge in [-0.05, 0) is 36.8 Å². The van der Waals surface area contributed by atoms with Gasteiger partial charge < -0.3 is 15.4 Å². The van der Waals surface area contributed by atoms with Gasteiger partial charge in [0.05, 0.1) is 23.4 Å². The van der Waals surface area contributed by atoms with Crippen LogP contribution >= 0.6 is 11.6 Å². The van der Waals surface area contributed by atoms with E-state index in [0.717, 1.165) is 25.8 Å². The van der Waals surface area contributed by atoms with Crippen LogP contribution in [-0.2, 0) is 4.74 Å². The first-order chi connectivity index (χ1) is 12.5. The van der Waals surface area contributed by atoms with E-state index in [1.807, 2.05) is 0 Å². The van der Waals surface area contributed by atoms with Crippen LogP contribution in [-0.4, -0.2) is 35.7 Å². The average Bonchev–Trinajstić information content (AvgIpc) is 2.66. The number of carbonyl (C=O) groups is 2. The van der Waals surface area contributed by atoms with E-state index in [4.69, 9.17) is 11.6 Å². The predicted molar refractivity (Wildman–Crippen MR) is 101 cm³/mol. The number of nitrogens with one attached hydrogen (secondary N) is 2. The number of halogens is 1. The first-order valence-corrected chi connectivity index (χ1v) is 8.69. The smallest absolute Gasteiger partial charge is 0.337 e. The zero-order valence-corrected chi connectivity index (χ0v) is 15.5. The van der Waals surface area contributed by atoms with Crippen LogP contribution in [0.15, 0.2) is 30.3 Å². The fraction of sp³-hybridized carbons (Fsp3) is 0.333. The number of ether oxygens (including phenoxy) is 1. The molecule has 0 spiro atoms. The topological polar surface area (TPSA) is 93.2 Å². The molecular weight excluding hydrogens is 356 g/mol. The Balaban J connectivity index is 2.02. The van der Waals surface area contributed by atoms with E-state index in [-0.39, 0.29) is 11.3 Å². The number of hydrogen-bond acceptors (Lipinski definition) is 6. The quantitative estimate of drug-likeness (QED) is 0.538. The summed E-state index contributed by atoms with van der Waals surface area (Å²) in [5, 5.41) is 14.0. The minimum absolute atomic E-state index is 0.142. The Hall–Kier alpha value is -2.67. The van der Waals surface area contributed by atoms with Gasteiger partial charge in [-0.15, -0.1) is 10.2 Å². The molecule has 1 amide bonds. The molecule has 0 aliphatic rings. The molecule has 0 unspecified atom stereocenters. The summed E-state index contributed by atoms with van der Waals surface area (Å²) < 4.78 is 4.66. The third-order valence-electron chi connectivity index (χ3n) is 3.62. The maximum atomic E-state index is 12.3. The zero-order chi connectivity index (χ0) is 18.9. The molecule has 26 heavy (non-hydrogen) atoms. The third kappa shape index (κ3) is 5.42. The van der Waals surface area contributed by atoms with Crippen molar-refractivity contribution in [2.45, 2.75) is 26.2 Å². The molecular formula is C18H21ClN4O3. The maximum Gasteiger partial charge on any atom is 0.337 e. The summed E-state index contributed by atoms with van der Waals surface area (Å²) in [5.74, 6) is -0.377. The summed E-state index contributed by atoms with van der Waals surface area (Å²) in [5.41, 5.74) is 0.719. The van der Waals surface area contributed by atoms with Crippen molar-refractivity contribution in [2.75, 3.05) is 24.3 Å². The highest BCUT2D eigenvalue weighted by Gasteiger charge is 2.13. The number of anilines is 2. The van der Waals surface area contributed by atoms with Crippen molar-refractivity contribution < 1.29 is 14.3 Å². The van der Waals surface area contributed by atoms with Gasteiger partial charge in [-0.1, -0.05) is 31.4 Å².